The number of halogens is 3. The van der Waals surface area contributed by atoms with Gasteiger partial charge in [0, 0.05) is 0 Å². The summed E-state index contributed by atoms with van der Waals surface area (Å²) < 4.78 is 73.4. The van der Waals surface area contributed by atoms with E-state index in [2.05, 4.69) is 0 Å². The molecule has 0 bridgehead atoms. The Morgan fingerprint density at radius 1 is 0.800 bits per heavy atom. The Kier molecular flexibility index (Phi) is 5.78. The predicted molar refractivity (Wildman–Crippen MR) is 107 cm³/mol. The Balaban J connectivity index is 2.19. The average molecular weight is 437 g/mol. The monoisotopic (exact) mass is 437 g/mol. The molecular weight excluding hydrogens is 419 g/mol. The Bertz CT molecular complexity index is 1150. The molecule has 0 fully saturated rings. The van der Waals surface area contributed by atoms with Gasteiger partial charge in [-0.25, -0.2) is 13.6 Å². The van der Waals surface area contributed by atoms with Gasteiger partial charge in [-0.1, -0.05) is 36.4 Å². The molecule has 0 saturated heterocycles. The maximum atomic E-state index is 13.5. The number of hydrogen-bond donors (Lipinski definition) is 1. The fraction of sp³-hybridized carbons (Fsp3) is 0.143. The van der Waals surface area contributed by atoms with Crippen LogP contribution in [0.25, 0.3) is 22.3 Å². The standard InChI is InChI=1S/C21H18F3NO4S/c1-28-18-11-14(12-19(29-2)20(18)21(22,23)24)17-6-4-3-5-16(17)13-7-9-15(10-8-13)30(25,26)27/h3-12H,1-2H3,(H2,25,26,27). The molecule has 5 nitrogen and oxygen atoms in total. The van der Waals surface area contributed by atoms with Crippen LogP contribution in [-0.4, -0.2) is 22.6 Å². The first-order valence-corrected chi connectivity index (χ1v) is 10.2. The van der Waals surface area contributed by atoms with Crippen LogP contribution in [0.5, 0.6) is 11.5 Å². The van der Waals surface area contributed by atoms with Crippen molar-refractivity contribution < 1.29 is 31.1 Å². The molecule has 0 aliphatic rings. The van der Waals surface area contributed by atoms with Crippen molar-refractivity contribution in [2.45, 2.75) is 11.1 Å². The highest BCUT2D eigenvalue weighted by atomic mass is 32.2. The van der Waals surface area contributed by atoms with E-state index in [1.807, 2.05) is 0 Å². The van der Waals surface area contributed by atoms with Crippen molar-refractivity contribution >= 4 is 10.0 Å². The Hall–Kier alpha value is -3.04. The summed E-state index contributed by atoms with van der Waals surface area (Å²) in [7, 11) is -1.52. The average Bonchev–Trinajstić information content (AvgIpc) is 2.71. The summed E-state index contributed by atoms with van der Waals surface area (Å²) in [5.41, 5.74) is 1.42. The summed E-state index contributed by atoms with van der Waals surface area (Å²) in [5, 5.41) is 5.13. The van der Waals surface area contributed by atoms with Crippen LogP contribution in [-0.2, 0) is 16.2 Å². The van der Waals surface area contributed by atoms with Crippen molar-refractivity contribution in [1.29, 1.82) is 0 Å². The summed E-state index contributed by atoms with van der Waals surface area (Å²) in [6.07, 6.45) is -4.65. The van der Waals surface area contributed by atoms with Crippen LogP contribution < -0.4 is 14.6 Å². The van der Waals surface area contributed by atoms with Gasteiger partial charge in [-0.15, -0.1) is 0 Å². The number of hydrogen-bond acceptors (Lipinski definition) is 4. The number of alkyl halides is 3. The van der Waals surface area contributed by atoms with Crippen molar-refractivity contribution in [3.05, 3.63) is 66.2 Å². The summed E-state index contributed by atoms with van der Waals surface area (Å²) >= 11 is 0. The maximum absolute atomic E-state index is 13.5. The molecule has 158 valence electrons. The zero-order valence-electron chi connectivity index (χ0n) is 16.0. The zero-order chi connectivity index (χ0) is 22.1. The second-order valence-corrected chi connectivity index (χ2v) is 7.93. The van der Waals surface area contributed by atoms with Crippen LogP contribution in [0.3, 0.4) is 0 Å². The highest BCUT2D eigenvalue weighted by Gasteiger charge is 2.38. The normalized spacial score (nSPS) is 11.9. The molecule has 0 aliphatic carbocycles. The third-order valence-electron chi connectivity index (χ3n) is 4.52. The molecule has 0 atom stereocenters. The van der Waals surface area contributed by atoms with E-state index in [0.717, 1.165) is 14.2 Å². The predicted octanol–water partition coefficient (Wildman–Crippen LogP) is 4.70. The molecule has 30 heavy (non-hydrogen) atoms. The molecule has 3 aromatic rings. The van der Waals surface area contributed by atoms with Crippen LogP contribution >= 0.6 is 0 Å². The molecule has 0 heterocycles. The fourth-order valence-corrected chi connectivity index (χ4v) is 3.67. The molecular formula is C21H18F3NO4S. The summed E-state index contributed by atoms with van der Waals surface area (Å²) in [6.45, 7) is 0. The van der Waals surface area contributed by atoms with E-state index < -0.39 is 21.8 Å². The topological polar surface area (TPSA) is 78.6 Å². The maximum Gasteiger partial charge on any atom is 0.423 e. The van der Waals surface area contributed by atoms with E-state index in [-0.39, 0.29) is 16.4 Å². The molecule has 3 rings (SSSR count). The minimum Gasteiger partial charge on any atom is -0.496 e. The number of primary sulfonamides is 1. The van der Waals surface area contributed by atoms with E-state index in [9.17, 15) is 21.6 Å². The van der Waals surface area contributed by atoms with E-state index in [1.165, 1.54) is 24.3 Å². The number of ether oxygens (including phenoxy) is 2. The van der Waals surface area contributed by atoms with Gasteiger partial charge < -0.3 is 9.47 Å². The molecule has 0 amide bonds. The van der Waals surface area contributed by atoms with Crippen LogP contribution in [0.15, 0.2) is 65.6 Å². The second kappa shape index (κ2) is 8.00. The number of rotatable bonds is 5. The van der Waals surface area contributed by atoms with Crippen LogP contribution in [0.2, 0.25) is 0 Å². The molecule has 0 aliphatic heterocycles. The van der Waals surface area contributed by atoms with Gasteiger partial charge in [0.05, 0.1) is 19.1 Å². The van der Waals surface area contributed by atoms with E-state index in [1.54, 1.807) is 36.4 Å². The molecule has 0 aromatic heterocycles. The minimum absolute atomic E-state index is 0.0402. The Morgan fingerprint density at radius 2 is 1.27 bits per heavy atom. The van der Waals surface area contributed by atoms with Crippen molar-refractivity contribution in [3.8, 4) is 33.8 Å². The summed E-state index contributed by atoms with van der Waals surface area (Å²) in [5.74, 6) is -0.729. The van der Waals surface area contributed by atoms with Gasteiger partial charge in [-0.05, 0) is 46.5 Å². The third kappa shape index (κ3) is 4.27. The number of nitrogens with two attached hydrogens (primary N) is 1. The first-order chi connectivity index (χ1) is 14.1. The SMILES string of the molecule is COc1cc(-c2ccccc2-c2ccc(S(N)(=O)=O)cc2)cc(OC)c1C(F)(F)F. The quantitative estimate of drug-likeness (QED) is 0.627. The van der Waals surface area contributed by atoms with Gasteiger partial charge in [-0.2, -0.15) is 13.2 Å². The lowest BCUT2D eigenvalue weighted by Gasteiger charge is -2.18. The first kappa shape index (κ1) is 21.7. The van der Waals surface area contributed by atoms with Crippen LogP contribution in [0.1, 0.15) is 5.56 Å². The highest BCUT2D eigenvalue weighted by Crippen LogP contribution is 2.46. The number of benzene rings is 3. The lowest BCUT2D eigenvalue weighted by Crippen LogP contribution is -2.11. The fourth-order valence-electron chi connectivity index (χ4n) is 3.16. The van der Waals surface area contributed by atoms with E-state index in [0.29, 0.717) is 22.3 Å². The Labute approximate surface area is 171 Å². The van der Waals surface area contributed by atoms with Crippen molar-refractivity contribution in [1.82, 2.24) is 0 Å². The molecule has 2 N–H and O–H groups in total. The van der Waals surface area contributed by atoms with Crippen molar-refractivity contribution in [3.63, 3.8) is 0 Å². The molecule has 3 aromatic carbocycles. The number of sulfonamides is 1. The molecule has 0 spiro atoms. The van der Waals surface area contributed by atoms with Crippen LogP contribution in [0, 0.1) is 0 Å². The smallest absolute Gasteiger partial charge is 0.423 e. The van der Waals surface area contributed by atoms with Gasteiger partial charge in [0.1, 0.15) is 17.1 Å². The number of methoxy groups -OCH3 is 2. The second-order valence-electron chi connectivity index (χ2n) is 6.37. The lowest BCUT2D eigenvalue weighted by molar-refractivity contribution is -0.139. The van der Waals surface area contributed by atoms with Gasteiger partial charge >= 0.3 is 6.18 Å². The molecule has 0 radical (unpaired) electrons. The third-order valence-corrected chi connectivity index (χ3v) is 5.45. The zero-order valence-corrected chi connectivity index (χ0v) is 16.8. The van der Waals surface area contributed by atoms with Crippen molar-refractivity contribution in [2.75, 3.05) is 14.2 Å². The van der Waals surface area contributed by atoms with Gasteiger partial charge in [0.25, 0.3) is 0 Å². The van der Waals surface area contributed by atoms with E-state index in [4.69, 9.17) is 14.6 Å². The largest absolute Gasteiger partial charge is 0.496 e. The molecule has 9 heteroatoms. The highest BCUT2D eigenvalue weighted by molar-refractivity contribution is 7.89. The van der Waals surface area contributed by atoms with Gasteiger partial charge in [0.15, 0.2) is 0 Å². The lowest BCUT2D eigenvalue weighted by atomic mass is 9.93. The minimum atomic E-state index is -4.65. The first-order valence-electron chi connectivity index (χ1n) is 8.62. The Morgan fingerprint density at radius 3 is 1.67 bits per heavy atom. The van der Waals surface area contributed by atoms with E-state index >= 15 is 0 Å². The van der Waals surface area contributed by atoms with Crippen LogP contribution in [0.4, 0.5) is 13.2 Å². The summed E-state index contributed by atoms with van der Waals surface area (Å²) in [4.78, 5) is -0.0402. The summed E-state index contributed by atoms with van der Waals surface area (Å²) in [6, 6.07) is 15.5. The van der Waals surface area contributed by atoms with Gasteiger partial charge in [0.2, 0.25) is 10.0 Å². The van der Waals surface area contributed by atoms with Gasteiger partial charge in [-0.3, -0.25) is 0 Å². The van der Waals surface area contributed by atoms with Crippen molar-refractivity contribution in [2.24, 2.45) is 5.14 Å². The molecule has 0 saturated carbocycles. The molecule has 0 unspecified atom stereocenters.